The van der Waals surface area contributed by atoms with Gasteiger partial charge in [-0.2, -0.15) is 0 Å². The van der Waals surface area contributed by atoms with E-state index in [-0.39, 0.29) is 17.8 Å². The van der Waals surface area contributed by atoms with Crippen LogP contribution >= 0.6 is 11.3 Å². The summed E-state index contributed by atoms with van der Waals surface area (Å²) in [6, 6.07) is 0. The Hall–Kier alpha value is -1.36. The van der Waals surface area contributed by atoms with Crippen molar-refractivity contribution in [3.8, 4) is 0 Å². The first-order chi connectivity index (χ1) is 8.92. The van der Waals surface area contributed by atoms with E-state index < -0.39 is 0 Å². The molecule has 0 saturated carbocycles. The molecule has 0 radical (unpaired) electrons. The number of nitrogens with one attached hydrogen (secondary N) is 1. The molecule has 1 amide bonds. The molecule has 0 aliphatic rings. The Labute approximate surface area is 118 Å². The summed E-state index contributed by atoms with van der Waals surface area (Å²) < 4.78 is 5.08. The van der Waals surface area contributed by atoms with E-state index in [1.165, 1.54) is 11.3 Å². The molecule has 0 spiro atoms. The molecule has 106 valence electrons. The number of hydrogen-bond donors (Lipinski definition) is 1. The predicted molar refractivity (Wildman–Crippen MR) is 77.9 cm³/mol. The molecule has 0 aromatic carbocycles. The highest BCUT2D eigenvalue weighted by Crippen LogP contribution is 2.34. The summed E-state index contributed by atoms with van der Waals surface area (Å²) in [5.41, 5.74) is 1.48. The topological polar surface area (TPSA) is 55.4 Å². The molecule has 1 N–H and O–H groups in total. The van der Waals surface area contributed by atoms with E-state index in [4.69, 9.17) is 4.74 Å². The third kappa shape index (κ3) is 3.56. The van der Waals surface area contributed by atoms with E-state index in [0.29, 0.717) is 17.2 Å². The van der Waals surface area contributed by atoms with Crippen molar-refractivity contribution in [3.63, 3.8) is 0 Å². The Balaban J connectivity index is 3.16. The van der Waals surface area contributed by atoms with Crippen molar-refractivity contribution < 1.29 is 14.3 Å². The number of amides is 1. The fourth-order valence-corrected chi connectivity index (χ4v) is 2.90. The zero-order chi connectivity index (χ0) is 14.6. The minimum absolute atomic E-state index is 0.0885. The third-order valence-electron chi connectivity index (χ3n) is 2.80. The molecule has 0 fully saturated rings. The maximum Gasteiger partial charge on any atom is 0.341 e. The van der Waals surface area contributed by atoms with Crippen molar-refractivity contribution in [1.29, 1.82) is 0 Å². The van der Waals surface area contributed by atoms with Crippen LogP contribution in [0.15, 0.2) is 0 Å². The van der Waals surface area contributed by atoms with E-state index in [1.807, 2.05) is 27.7 Å². The van der Waals surface area contributed by atoms with Crippen molar-refractivity contribution >= 4 is 28.2 Å². The van der Waals surface area contributed by atoms with Crippen LogP contribution in [0, 0.1) is 12.8 Å². The lowest BCUT2D eigenvalue weighted by Crippen LogP contribution is -2.19. The van der Waals surface area contributed by atoms with Gasteiger partial charge in [-0.05, 0) is 25.8 Å². The van der Waals surface area contributed by atoms with Crippen LogP contribution < -0.4 is 5.32 Å². The van der Waals surface area contributed by atoms with Crippen LogP contribution in [-0.2, 0) is 16.0 Å². The van der Waals surface area contributed by atoms with E-state index in [2.05, 4.69) is 5.32 Å². The lowest BCUT2D eigenvalue weighted by atomic mass is 10.1. The van der Waals surface area contributed by atoms with E-state index >= 15 is 0 Å². The zero-order valence-electron chi connectivity index (χ0n) is 12.1. The average molecular weight is 283 g/mol. The highest BCUT2D eigenvalue weighted by atomic mass is 32.1. The van der Waals surface area contributed by atoms with Crippen LogP contribution in [-0.4, -0.2) is 18.5 Å². The van der Waals surface area contributed by atoms with Gasteiger partial charge in [0.15, 0.2) is 0 Å². The number of rotatable bonds is 5. The van der Waals surface area contributed by atoms with Gasteiger partial charge in [0, 0.05) is 10.8 Å². The number of hydrogen-bond acceptors (Lipinski definition) is 4. The smallest absolute Gasteiger partial charge is 0.341 e. The first kappa shape index (κ1) is 15.7. The van der Waals surface area contributed by atoms with Crippen LogP contribution in [0.4, 0.5) is 5.00 Å². The number of thiophene rings is 1. The maximum absolute atomic E-state index is 12.0. The Bertz CT molecular complexity index is 477. The van der Waals surface area contributed by atoms with Gasteiger partial charge in [-0.3, -0.25) is 4.79 Å². The van der Waals surface area contributed by atoms with Crippen molar-refractivity contribution in [3.05, 3.63) is 16.0 Å². The minimum Gasteiger partial charge on any atom is -0.462 e. The molecule has 5 heteroatoms. The van der Waals surface area contributed by atoms with Gasteiger partial charge in [0.05, 0.1) is 12.2 Å². The molecule has 1 aromatic rings. The fraction of sp³-hybridized carbons (Fsp3) is 0.571. The summed E-state index contributed by atoms with van der Waals surface area (Å²) in [5.74, 6) is -0.570. The molecule has 1 rings (SSSR count). The Morgan fingerprint density at radius 2 is 1.95 bits per heavy atom. The molecule has 0 atom stereocenters. The van der Waals surface area contributed by atoms with Crippen LogP contribution in [0.5, 0.6) is 0 Å². The van der Waals surface area contributed by atoms with Gasteiger partial charge < -0.3 is 10.1 Å². The SMILES string of the molecule is CCOC(=O)c1c(NC(=O)C(C)C)sc(C)c1CC. The molecule has 1 aromatic heterocycles. The van der Waals surface area contributed by atoms with Crippen LogP contribution in [0.3, 0.4) is 0 Å². The van der Waals surface area contributed by atoms with Crippen LogP contribution in [0.25, 0.3) is 0 Å². The third-order valence-corrected chi connectivity index (χ3v) is 3.87. The number of carbonyl (C=O) groups is 2. The van der Waals surface area contributed by atoms with Crippen molar-refractivity contribution in [2.24, 2.45) is 5.92 Å². The quantitative estimate of drug-likeness (QED) is 0.843. The lowest BCUT2D eigenvalue weighted by Gasteiger charge is -2.09. The molecule has 0 aliphatic heterocycles. The lowest BCUT2D eigenvalue weighted by molar-refractivity contribution is -0.118. The number of esters is 1. The molecule has 19 heavy (non-hydrogen) atoms. The van der Waals surface area contributed by atoms with Gasteiger partial charge in [0.25, 0.3) is 0 Å². The first-order valence-electron chi connectivity index (χ1n) is 6.52. The highest BCUT2D eigenvalue weighted by Gasteiger charge is 2.23. The van der Waals surface area contributed by atoms with Gasteiger partial charge in [-0.15, -0.1) is 11.3 Å². The minimum atomic E-state index is -0.359. The second kappa shape index (κ2) is 6.70. The number of aryl methyl sites for hydroxylation is 1. The van der Waals surface area contributed by atoms with Gasteiger partial charge in [0.1, 0.15) is 5.00 Å². The molecule has 0 aliphatic carbocycles. The Morgan fingerprint density at radius 1 is 1.32 bits per heavy atom. The Morgan fingerprint density at radius 3 is 2.42 bits per heavy atom. The van der Waals surface area contributed by atoms with E-state index in [9.17, 15) is 9.59 Å². The summed E-state index contributed by atoms with van der Waals surface area (Å²) >= 11 is 1.43. The van der Waals surface area contributed by atoms with E-state index in [0.717, 1.165) is 16.9 Å². The molecule has 0 saturated heterocycles. The van der Waals surface area contributed by atoms with Crippen molar-refractivity contribution in [1.82, 2.24) is 0 Å². The number of carbonyl (C=O) groups excluding carboxylic acids is 2. The highest BCUT2D eigenvalue weighted by molar-refractivity contribution is 7.16. The molecular formula is C14H21NO3S. The average Bonchev–Trinajstić information content (AvgIpc) is 2.65. The summed E-state index contributed by atoms with van der Waals surface area (Å²) in [6.07, 6.45) is 0.744. The monoisotopic (exact) mass is 283 g/mol. The standard InChI is InChI=1S/C14H21NO3S/c1-6-10-9(5)19-13(15-12(16)8(3)4)11(10)14(17)18-7-2/h8H,6-7H2,1-5H3,(H,15,16). The van der Waals surface area contributed by atoms with Gasteiger partial charge >= 0.3 is 5.97 Å². The summed E-state index contributed by atoms with van der Waals surface area (Å²) in [6.45, 7) is 9.69. The molecular weight excluding hydrogens is 262 g/mol. The first-order valence-corrected chi connectivity index (χ1v) is 7.34. The zero-order valence-corrected chi connectivity index (χ0v) is 12.9. The van der Waals surface area contributed by atoms with Gasteiger partial charge in [-0.1, -0.05) is 20.8 Å². The van der Waals surface area contributed by atoms with E-state index in [1.54, 1.807) is 6.92 Å². The number of anilines is 1. The second-order valence-corrected chi connectivity index (χ2v) is 5.78. The summed E-state index contributed by atoms with van der Waals surface area (Å²) in [4.78, 5) is 24.9. The molecule has 0 unspecified atom stereocenters. The normalized spacial score (nSPS) is 10.6. The predicted octanol–water partition coefficient (Wildman–Crippen LogP) is 3.39. The maximum atomic E-state index is 12.0. The largest absolute Gasteiger partial charge is 0.462 e. The molecule has 1 heterocycles. The van der Waals surface area contributed by atoms with Crippen LogP contribution in [0.1, 0.15) is 48.5 Å². The molecule has 0 bridgehead atoms. The Kier molecular flexibility index (Phi) is 5.54. The summed E-state index contributed by atoms with van der Waals surface area (Å²) in [7, 11) is 0. The fourth-order valence-electron chi connectivity index (χ4n) is 1.77. The summed E-state index contributed by atoms with van der Waals surface area (Å²) in [5, 5.41) is 3.43. The van der Waals surface area contributed by atoms with Gasteiger partial charge in [-0.25, -0.2) is 4.79 Å². The number of ether oxygens (including phenoxy) is 1. The molecule has 4 nitrogen and oxygen atoms in total. The van der Waals surface area contributed by atoms with Crippen molar-refractivity contribution in [2.75, 3.05) is 11.9 Å². The van der Waals surface area contributed by atoms with Gasteiger partial charge in [0.2, 0.25) is 5.91 Å². The van der Waals surface area contributed by atoms with Crippen molar-refractivity contribution in [2.45, 2.75) is 41.0 Å². The second-order valence-electron chi connectivity index (χ2n) is 4.56. The van der Waals surface area contributed by atoms with Crippen LogP contribution in [0.2, 0.25) is 0 Å².